The van der Waals surface area contributed by atoms with Gasteiger partial charge >= 0.3 is 0 Å². The number of nitrogens with two attached hydrogens (primary N) is 1. The van der Waals surface area contributed by atoms with Crippen molar-refractivity contribution in [2.45, 2.75) is 25.2 Å². The van der Waals surface area contributed by atoms with Crippen LogP contribution in [0.4, 0.5) is 0 Å². The normalized spacial score (nSPS) is 11.5. The zero-order valence-corrected chi connectivity index (χ0v) is 13.5. The molecular weight excluding hydrogens is 316 g/mol. The molecule has 118 valence electrons. The number of amides is 1. The van der Waals surface area contributed by atoms with Gasteiger partial charge in [0.05, 0.1) is 0 Å². The number of rotatable bonds is 7. The summed E-state index contributed by atoms with van der Waals surface area (Å²) in [6.07, 6.45) is 0.856. The zero-order chi connectivity index (χ0) is 16.0. The first kappa shape index (κ1) is 17.7. The minimum absolute atomic E-state index is 0.000842. The monoisotopic (exact) mass is 334 g/mol. The van der Waals surface area contributed by atoms with Crippen molar-refractivity contribution in [2.75, 3.05) is 13.2 Å². The average molecular weight is 335 g/mol. The molecule has 0 radical (unpaired) electrons. The summed E-state index contributed by atoms with van der Waals surface area (Å²) in [5, 5.41) is 7.98. The maximum Gasteiger partial charge on any atom is 0.257 e. The molecule has 8 heteroatoms. The summed E-state index contributed by atoms with van der Waals surface area (Å²) in [6.45, 7) is 4.36. The number of nitrogens with one attached hydrogen (secondary N) is 1. The molecule has 0 atom stereocenters. The highest BCUT2D eigenvalue weighted by Crippen LogP contribution is 2.26. The van der Waals surface area contributed by atoms with E-state index in [1.165, 1.54) is 18.2 Å². The summed E-state index contributed by atoms with van der Waals surface area (Å²) in [4.78, 5) is 11.3. The van der Waals surface area contributed by atoms with Crippen LogP contribution in [0.2, 0.25) is 5.02 Å². The van der Waals surface area contributed by atoms with E-state index < -0.39 is 10.0 Å². The van der Waals surface area contributed by atoms with E-state index in [1.807, 2.05) is 0 Å². The van der Waals surface area contributed by atoms with Crippen LogP contribution in [0, 0.1) is 5.92 Å². The van der Waals surface area contributed by atoms with Gasteiger partial charge < -0.3 is 10.1 Å². The standard InChI is InChI=1S/C13H19ClN2O4S/c1-9(2)5-6-16-13(17)8-20-11-4-3-10(14)7-12(11)21(15,18)19/h3-4,7,9H,5-6,8H2,1-2H3,(H,16,17)(H2,15,18,19). The second-order valence-electron chi connectivity index (χ2n) is 4.96. The van der Waals surface area contributed by atoms with Crippen LogP contribution in [0.3, 0.4) is 0 Å². The first-order valence-electron chi connectivity index (χ1n) is 6.42. The van der Waals surface area contributed by atoms with Gasteiger partial charge in [-0.1, -0.05) is 25.4 Å². The van der Waals surface area contributed by atoms with Crippen molar-refractivity contribution >= 4 is 27.5 Å². The number of benzene rings is 1. The first-order chi connectivity index (χ1) is 9.70. The zero-order valence-electron chi connectivity index (χ0n) is 11.9. The molecule has 0 fully saturated rings. The third-order valence-electron chi connectivity index (χ3n) is 2.61. The van der Waals surface area contributed by atoms with E-state index >= 15 is 0 Å². The summed E-state index contributed by atoms with van der Waals surface area (Å²) in [5.74, 6) is 0.156. The fourth-order valence-corrected chi connectivity index (χ4v) is 2.45. The summed E-state index contributed by atoms with van der Waals surface area (Å²) in [6, 6.07) is 4.01. The molecule has 0 saturated heterocycles. The molecule has 1 aromatic carbocycles. The van der Waals surface area contributed by atoms with Crippen molar-refractivity contribution < 1.29 is 17.9 Å². The largest absolute Gasteiger partial charge is 0.482 e. The van der Waals surface area contributed by atoms with Crippen molar-refractivity contribution in [1.82, 2.24) is 5.32 Å². The molecule has 3 N–H and O–H groups in total. The molecule has 6 nitrogen and oxygen atoms in total. The summed E-state index contributed by atoms with van der Waals surface area (Å²) < 4.78 is 28.1. The van der Waals surface area contributed by atoms with Gasteiger partial charge in [0.15, 0.2) is 6.61 Å². The SMILES string of the molecule is CC(C)CCNC(=O)COc1ccc(Cl)cc1S(N)(=O)=O. The van der Waals surface area contributed by atoms with E-state index in [-0.39, 0.29) is 28.2 Å². The van der Waals surface area contributed by atoms with Gasteiger partial charge in [0.2, 0.25) is 10.0 Å². The van der Waals surface area contributed by atoms with Gasteiger partial charge in [0, 0.05) is 11.6 Å². The van der Waals surface area contributed by atoms with Crippen molar-refractivity contribution in [3.05, 3.63) is 23.2 Å². The lowest BCUT2D eigenvalue weighted by Gasteiger charge is -2.11. The number of halogens is 1. The Kier molecular flexibility index (Phi) is 6.44. The van der Waals surface area contributed by atoms with Crippen molar-refractivity contribution in [3.63, 3.8) is 0 Å². The van der Waals surface area contributed by atoms with Crippen LogP contribution in [0.5, 0.6) is 5.75 Å². The van der Waals surface area contributed by atoms with E-state index in [1.54, 1.807) is 0 Å². The highest BCUT2D eigenvalue weighted by molar-refractivity contribution is 7.89. The number of carbonyl (C=O) groups excluding carboxylic acids is 1. The lowest BCUT2D eigenvalue weighted by atomic mass is 10.1. The van der Waals surface area contributed by atoms with Gasteiger partial charge in [0.25, 0.3) is 5.91 Å². The highest BCUT2D eigenvalue weighted by atomic mass is 35.5. The fraction of sp³-hybridized carbons (Fsp3) is 0.462. The smallest absolute Gasteiger partial charge is 0.257 e. The highest BCUT2D eigenvalue weighted by Gasteiger charge is 2.16. The summed E-state index contributed by atoms with van der Waals surface area (Å²) in [7, 11) is -3.97. The van der Waals surface area contributed by atoms with Gasteiger partial charge in [-0.25, -0.2) is 13.6 Å². The van der Waals surface area contributed by atoms with Crippen LogP contribution < -0.4 is 15.2 Å². The molecule has 0 saturated carbocycles. The molecule has 1 aromatic rings. The van der Waals surface area contributed by atoms with Gasteiger partial charge in [-0.15, -0.1) is 0 Å². The Hall–Kier alpha value is -1.31. The van der Waals surface area contributed by atoms with Crippen molar-refractivity contribution in [2.24, 2.45) is 11.1 Å². The minimum Gasteiger partial charge on any atom is -0.482 e. The maximum atomic E-state index is 11.6. The van der Waals surface area contributed by atoms with E-state index in [0.717, 1.165) is 6.42 Å². The lowest BCUT2D eigenvalue weighted by molar-refractivity contribution is -0.123. The molecule has 0 aliphatic heterocycles. The molecule has 0 aliphatic carbocycles. The Morgan fingerprint density at radius 2 is 2.10 bits per heavy atom. The van der Waals surface area contributed by atoms with Crippen LogP contribution >= 0.6 is 11.6 Å². The van der Waals surface area contributed by atoms with Crippen LogP contribution in [-0.2, 0) is 14.8 Å². The third-order valence-corrected chi connectivity index (χ3v) is 3.78. The molecule has 1 amide bonds. The molecular formula is C13H19ClN2O4S. The third kappa shape index (κ3) is 6.33. The molecule has 21 heavy (non-hydrogen) atoms. The number of sulfonamides is 1. The quantitative estimate of drug-likeness (QED) is 0.790. The predicted molar refractivity (Wildman–Crippen MR) is 80.8 cm³/mol. The van der Waals surface area contributed by atoms with Crippen LogP contribution in [0.1, 0.15) is 20.3 Å². The second kappa shape index (κ2) is 7.63. The minimum atomic E-state index is -3.97. The van der Waals surface area contributed by atoms with E-state index in [2.05, 4.69) is 19.2 Å². The number of hydrogen-bond acceptors (Lipinski definition) is 4. The average Bonchev–Trinajstić information content (AvgIpc) is 2.35. The Morgan fingerprint density at radius 1 is 1.43 bits per heavy atom. The molecule has 0 aromatic heterocycles. The Balaban J connectivity index is 2.66. The summed E-state index contributed by atoms with van der Waals surface area (Å²) in [5.41, 5.74) is 0. The number of ether oxygens (including phenoxy) is 1. The number of carbonyl (C=O) groups is 1. The molecule has 0 unspecified atom stereocenters. The van der Waals surface area contributed by atoms with Gasteiger partial charge in [-0.3, -0.25) is 4.79 Å². The molecule has 0 spiro atoms. The molecule has 0 bridgehead atoms. The van der Waals surface area contributed by atoms with E-state index in [9.17, 15) is 13.2 Å². The molecule has 0 aliphatic rings. The van der Waals surface area contributed by atoms with Gasteiger partial charge in [-0.05, 0) is 30.5 Å². The first-order valence-corrected chi connectivity index (χ1v) is 8.34. The molecule has 0 heterocycles. The van der Waals surface area contributed by atoms with Crippen molar-refractivity contribution in [1.29, 1.82) is 0 Å². The van der Waals surface area contributed by atoms with Crippen LogP contribution in [0.15, 0.2) is 23.1 Å². The number of primary sulfonamides is 1. The Morgan fingerprint density at radius 3 is 2.67 bits per heavy atom. The van der Waals surface area contributed by atoms with Gasteiger partial charge in [-0.2, -0.15) is 0 Å². The lowest BCUT2D eigenvalue weighted by Crippen LogP contribution is -2.30. The van der Waals surface area contributed by atoms with Crippen LogP contribution in [0.25, 0.3) is 0 Å². The fourth-order valence-electron chi connectivity index (χ4n) is 1.52. The van der Waals surface area contributed by atoms with Crippen molar-refractivity contribution in [3.8, 4) is 5.75 Å². The maximum absolute atomic E-state index is 11.6. The Labute approximate surface area is 129 Å². The molecule has 1 rings (SSSR count). The van der Waals surface area contributed by atoms with E-state index in [0.29, 0.717) is 12.5 Å². The number of hydrogen-bond donors (Lipinski definition) is 2. The summed E-state index contributed by atoms with van der Waals surface area (Å²) >= 11 is 5.73. The Bertz CT molecular complexity index is 602. The van der Waals surface area contributed by atoms with E-state index in [4.69, 9.17) is 21.5 Å². The predicted octanol–water partition coefficient (Wildman–Crippen LogP) is 1.53. The van der Waals surface area contributed by atoms with Gasteiger partial charge in [0.1, 0.15) is 10.6 Å². The van der Waals surface area contributed by atoms with Crippen LogP contribution in [-0.4, -0.2) is 27.5 Å². The topological polar surface area (TPSA) is 98.5 Å². The second-order valence-corrected chi connectivity index (χ2v) is 6.92.